The molecule has 0 saturated heterocycles. The van der Waals surface area contributed by atoms with E-state index in [1.54, 1.807) is 12.4 Å². The molecular formula is C13H12N6S. The van der Waals surface area contributed by atoms with Gasteiger partial charge < -0.3 is 5.84 Å². The molecule has 0 aliphatic rings. The van der Waals surface area contributed by atoms with Gasteiger partial charge in [-0.2, -0.15) is 0 Å². The number of hydrogen-bond acceptors (Lipinski definition) is 6. The van der Waals surface area contributed by atoms with Crippen LogP contribution in [0.2, 0.25) is 0 Å². The summed E-state index contributed by atoms with van der Waals surface area (Å²) in [7, 11) is 0. The molecule has 0 amide bonds. The third-order valence-electron chi connectivity index (χ3n) is 2.65. The molecule has 7 heteroatoms. The molecule has 0 fully saturated rings. The average molecular weight is 284 g/mol. The highest BCUT2D eigenvalue weighted by molar-refractivity contribution is 7.98. The summed E-state index contributed by atoms with van der Waals surface area (Å²) < 4.78 is 1.46. The molecule has 0 aliphatic heterocycles. The van der Waals surface area contributed by atoms with Crippen molar-refractivity contribution in [3.05, 3.63) is 54.5 Å². The zero-order chi connectivity index (χ0) is 13.8. The normalized spacial score (nSPS) is 10.6. The topological polar surface area (TPSA) is 82.5 Å². The van der Waals surface area contributed by atoms with Crippen molar-refractivity contribution in [1.82, 2.24) is 24.8 Å². The van der Waals surface area contributed by atoms with Crippen LogP contribution in [0.15, 0.2) is 54.1 Å². The molecular weight excluding hydrogens is 272 g/mol. The van der Waals surface area contributed by atoms with Crippen molar-refractivity contribution in [3.8, 4) is 11.5 Å². The third-order valence-corrected chi connectivity index (χ3v) is 3.66. The summed E-state index contributed by atoms with van der Waals surface area (Å²) in [6.07, 6.45) is 5.27. The van der Waals surface area contributed by atoms with Gasteiger partial charge in [0.1, 0.15) is 5.69 Å². The van der Waals surface area contributed by atoms with E-state index in [1.807, 2.05) is 36.5 Å². The predicted octanol–water partition coefficient (Wildman–Crippen LogP) is 1.74. The Bertz CT molecular complexity index is 683. The molecule has 6 nitrogen and oxygen atoms in total. The molecule has 0 aliphatic carbocycles. The highest BCUT2D eigenvalue weighted by Gasteiger charge is 2.12. The summed E-state index contributed by atoms with van der Waals surface area (Å²) in [6, 6.07) is 9.50. The Morgan fingerprint density at radius 2 is 2.05 bits per heavy atom. The largest absolute Gasteiger partial charge is 0.335 e. The summed E-state index contributed by atoms with van der Waals surface area (Å²) in [5, 5.41) is 8.83. The zero-order valence-electron chi connectivity index (χ0n) is 10.5. The van der Waals surface area contributed by atoms with Gasteiger partial charge in [0.25, 0.3) is 0 Å². The van der Waals surface area contributed by atoms with E-state index < -0.39 is 0 Å². The van der Waals surface area contributed by atoms with Crippen molar-refractivity contribution in [2.45, 2.75) is 10.9 Å². The number of nitrogens with zero attached hydrogens (tertiary/aromatic N) is 5. The number of nitrogen functional groups attached to an aromatic ring is 1. The Morgan fingerprint density at radius 1 is 1.10 bits per heavy atom. The van der Waals surface area contributed by atoms with Gasteiger partial charge in [0.15, 0.2) is 0 Å². The van der Waals surface area contributed by atoms with Gasteiger partial charge in [-0.15, -0.1) is 10.2 Å². The van der Waals surface area contributed by atoms with Crippen LogP contribution in [0.3, 0.4) is 0 Å². The molecule has 0 radical (unpaired) electrons. The fourth-order valence-corrected chi connectivity index (χ4v) is 2.47. The predicted molar refractivity (Wildman–Crippen MR) is 77.2 cm³/mol. The Morgan fingerprint density at radius 3 is 2.80 bits per heavy atom. The lowest BCUT2D eigenvalue weighted by Gasteiger charge is -2.03. The summed E-state index contributed by atoms with van der Waals surface area (Å²) in [5.74, 6) is 7.31. The second-order valence-electron chi connectivity index (χ2n) is 4.04. The van der Waals surface area contributed by atoms with Crippen molar-refractivity contribution >= 4 is 11.8 Å². The number of pyridine rings is 2. The lowest BCUT2D eigenvalue weighted by atomic mass is 10.3. The van der Waals surface area contributed by atoms with E-state index >= 15 is 0 Å². The fourth-order valence-electron chi connectivity index (χ4n) is 1.68. The molecule has 20 heavy (non-hydrogen) atoms. The molecule has 0 saturated carbocycles. The van der Waals surface area contributed by atoms with Crippen molar-refractivity contribution in [1.29, 1.82) is 0 Å². The Hall–Kier alpha value is -2.41. The lowest BCUT2D eigenvalue weighted by molar-refractivity contribution is 0.848. The standard InChI is InChI=1S/C13H12N6S/c14-19-12(11-5-1-2-7-16-11)17-18-13(19)20-9-10-4-3-6-15-8-10/h1-8H,9,14H2. The molecule has 0 spiro atoms. The molecule has 100 valence electrons. The number of aromatic nitrogens is 5. The fraction of sp³-hybridized carbons (Fsp3) is 0.0769. The monoisotopic (exact) mass is 284 g/mol. The Labute approximate surface area is 120 Å². The van der Waals surface area contributed by atoms with Gasteiger partial charge >= 0.3 is 0 Å². The van der Waals surface area contributed by atoms with E-state index in [2.05, 4.69) is 20.2 Å². The molecule has 0 bridgehead atoms. The van der Waals surface area contributed by atoms with Gasteiger partial charge in [-0.1, -0.05) is 23.9 Å². The van der Waals surface area contributed by atoms with Gasteiger partial charge in [-0.3, -0.25) is 9.97 Å². The van der Waals surface area contributed by atoms with Gasteiger partial charge in [0.2, 0.25) is 11.0 Å². The van der Waals surface area contributed by atoms with E-state index in [9.17, 15) is 0 Å². The first kappa shape index (κ1) is 12.6. The van der Waals surface area contributed by atoms with Crippen molar-refractivity contribution in [2.24, 2.45) is 0 Å². The maximum Gasteiger partial charge on any atom is 0.210 e. The average Bonchev–Trinajstić information content (AvgIpc) is 2.88. The smallest absolute Gasteiger partial charge is 0.210 e. The summed E-state index contributed by atoms with van der Waals surface area (Å²) in [4.78, 5) is 8.29. The van der Waals surface area contributed by atoms with Crippen LogP contribution < -0.4 is 5.84 Å². The quantitative estimate of drug-likeness (QED) is 0.580. The lowest BCUT2D eigenvalue weighted by Crippen LogP contribution is -2.12. The van der Waals surface area contributed by atoms with Crippen molar-refractivity contribution < 1.29 is 0 Å². The third kappa shape index (κ3) is 2.62. The van der Waals surface area contributed by atoms with Crippen LogP contribution in [0.5, 0.6) is 0 Å². The Kier molecular flexibility index (Phi) is 3.60. The number of rotatable bonds is 4. The molecule has 3 rings (SSSR count). The maximum absolute atomic E-state index is 6.01. The van der Waals surface area contributed by atoms with Gasteiger partial charge in [0, 0.05) is 24.3 Å². The molecule has 3 aromatic rings. The van der Waals surface area contributed by atoms with Crippen LogP contribution >= 0.6 is 11.8 Å². The maximum atomic E-state index is 6.01. The van der Waals surface area contributed by atoms with Gasteiger partial charge in [-0.05, 0) is 23.8 Å². The molecule has 0 aromatic carbocycles. The van der Waals surface area contributed by atoms with Crippen LogP contribution in [-0.4, -0.2) is 24.8 Å². The van der Waals surface area contributed by atoms with Crippen LogP contribution in [0.25, 0.3) is 11.5 Å². The minimum atomic E-state index is 0.555. The van der Waals surface area contributed by atoms with Crippen molar-refractivity contribution in [3.63, 3.8) is 0 Å². The van der Waals surface area contributed by atoms with E-state index in [0.29, 0.717) is 16.7 Å². The van der Waals surface area contributed by atoms with Gasteiger partial charge in [0.05, 0.1) is 0 Å². The second kappa shape index (κ2) is 5.70. The van der Waals surface area contributed by atoms with Gasteiger partial charge in [-0.25, -0.2) is 4.68 Å². The highest BCUT2D eigenvalue weighted by atomic mass is 32.2. The van der Waals surface area contributed by atoms with Crippen LogP contribution in [0.1, 0.15) is 5.56 Å². The van der Waals surface area contributed by atoms with E-state index in [0.717, 1.165) is 11.3 Å². The van der Waals surface area contributed by atoms with Crippen molar-refractivity contribution in [2.75, 3.05) is 5.84 Å². The van der Waals surface area contributed by atoms with E-state index in [-0.39, 0.29) is 0 Å². The summed E-state index contributed by atoms with van der Waals surface area (Å²) >= 11 is 1.51. The SMILES string of the molecule is Nn1c(SCc2cccnc2)nnc1-c1ccccn1. The first-order chi connectivity index (χ1) is 9.84. The van der Waals surface area contributed by atoms with Crippen LogP contribution in [-0.2, 0) is 5.75 Å². The van der Waals surface area contributed by atoms with E-state index in [1.165, 1.54) is 16.4 Å². The number of thioether (sulfide) groups is 1. The first-order valence-electron chi connectivity index (χ1n) is 5.98. The Balaban J connectivity index is 1.78. The molecule has 3 heterocycles. The summed E-state index contributed by atoms with van der Waals surface area (Å²) in [6.45, 7) is 0. The minimum absolute atomic E-state index is 0.555. The summed E-state index contributed by atoms with van der Waals surface area (Å²) in [5.41, 5.74) is 1.82. The molecule has 2 N–H and O–H groups in total. The molecule has 3 aromatic heterocycles. The zero-order valence-corrected chi connectivity index (χ0v) is 11.4. The second-order valence-corrected chi connectivity index (χ2v) is 4.98. The van der Waals surface area contributed by atoms with Crippen LogP contribution in [0, 0.1) is 0 Å². The molecule has 0 atom stereocenters. The van der Waals surface area contributed by atoms with E-state index in [4.69, 9.17) is 5.84 Å². The highest BCUT2D eigenvalue weighted by Crippen LogP contribution is 2.22. The van der Waals surface area contributed by atoms with Crippen LogP contribution in [0.4, 0.5) is 0 Å². The minimum Gasteiger partial charge on any atom is -0.335 e. The first-order valence-corrected chi connectivity index (χ1v) is 6.97. The number of hydrogen-bond donors (Lipinski definition) is 1. The number of nitrogens with two attached hydrogens (primary N) is 1. The molecule has 0 unspecified atom stereocenters.